The highest BCUT2D eigenvalue weighted by Gasteiger charge is 2.54. The molecule has 0 radical (unpaired) electrons. The van der Waals surface area contributed by atoms with Gasteiger partial charge in [-0.3, -0.25) is 4.90 Å². The molecule has 9 heteroatoms. The minimum absolute atomic E-state index is 0.211. The van der Waals surface area contributed by atoms with Crippen molar-refractivity contribution in [2.24, 2.45) is 0 Å². The van der Waals surface area contributed by atoms with Gasteiger partial charge >= 0.3 is 12.1 Å². The fourth-order valence-corrected chi connectivity index (χ4v) is 5.87. The Bertz CT molecular complexity index is 1840. The third-order valence-electron chi connectivity index (χ3n) is 7.97. The molecule has 1 amide bonds. The van der Waals surface area contributed by atoms with Crippen LogP contribution in [0.2, 0.25) is 0 Å². The number of hydrogen-bond donors (Lipinski definition) is 1. The van der Waals surface area contributed by atoms with Gasteiger partial charge in [-0.15, -0.1) is 0 Å². The van der Waals surface area contributed by atoms with E-state index in [1.54, 1.807) is 22.8 Å². The third-order valence-corrected chi connectivity index (χ3v) is 7.97. The second-order valence-corrected chi connectivity index (χ2v) is 11.6. The highest BCUT2D eigenvalue weighted by molar-refractivity contribution is 6.09. The Hall–Kier alpha value is -4.92. The number of carboxylic acid groups (broad SMARTS) is 1. The molecule has 2 aromatic heterocycles. The Labute approximate surface area is 250 Å². The van der Waals surface area contributed by atoms with Gasteiger partial charge in [0.15, 0.2) is 5.65 Å². The van der Waals surface area contributed by atoms with Crippen LogP contribution in [0.3, 0.4) is 0 Å². The van der Waals surface area contributed by atoms with Crippen LogP contribution in [0, 0.1) is 0 Å². The smallest absolute Gasteiger partial charge is 0.410 e. The molecule has 2 saturated heterocycles. The van der Waals surface area contributed by atoms with E-state index >= 15 is 0 Å². The topological polar surface area (TPSA) is 100 Å². The standard InChI is InChI=1S/C32H29N5O4.C2H6/c1-32(2,3)41-31(40)36-18-27-28(36)17-35(27)21-12-10-19(11-13-21)20-14-33-29-26(15-34-37(29)16-20)24-8-4-7-23-22(24)6-5-9-25(23)30(38)39;1-2/h4-16,27-28H,17-18H2,1-3H3,(H,38,39);1-2H3. The Balaban J connectivity index is 0.00000161. The summed E-state index contributed by atoms with van der Waals surface area (Å²) in [6.45, 7) is 11.1. The SMILES string of the molecule is CC.CC(C)(C)OC(=O)N1CC2C1CN2c1ccc(-c2cnc3c(-c4cccc5c(C(=O)O)cccc45)cnn3c2)cc1. The summed E-state index contributed by atoms with van der Waals surface area (Å²) < 4.78 is 7.29. The van der Waals surface area contributed by atoms with E-state index in [0.717, 1.165) is 39.9 Å². The van der Waals surface area contributed by atoms with Gasteiger partial charge in [0, 0.05) is 42.3 Å². The van der Waals surface area contributed by atoms with Crippen molar-refractivity contribution in [2.75, 3.05) is 18.0 Å². The number of nitrogens with zero attached hydrogens (tertiary/aromatic N) is 5. The predicted molar refractivity (Wildman–Crippen MR) is 168 cm³/mol. The van der Waals surface area contributed by atoms with Crippen LogP contribution in [0.1, 0.15) is 45.0 Å². The molecule has 43 heavy (non-hydrogen) atoms. The van der Waals surface area contributed by atoms with Crippen molar-refractivity contribution >= 4 is 34.2 Å². The number of carbonyl (C=O) groups excluding carboxylic acids is 1. The van der Waals surface area contributed by atoms with E-state index in [2.05, 4.69) is 34.3 Å². The van der Waals surface area contributed by atoms with Gasteiger partial charge in [-0.05, 0) is 60.9 Å². The van der Waals surface area contributed by atoms with Gasteiger partial charge in [0.1, 0.15) is 5.60 Å². The van der Waals surface area contributed by atoms with Crippen LogP contribution in [0.5, 0.6) is 0 Å². The van der Waals surface area contributed by atoms with Crippen LogP contribution >= 0.6 is 0 Å². The zero-order valence-corrected chi connectivity index (χ0v) is 25.0. The van der Waals surface area contributed by atoms with E-state index in [4.69, 9.17) is 9.72 Å². The van der Waals surface area contributed by atoms with E-state index in [1.165, 1.54) is 0 Å². The minimum Gasteiger partial charge on any atom is -0.478 e. The molecule has 7 rings (SSSR count). The van der Waals surface area contributed by atoms with Crippen molar-refractivity contribution in [2.45, 2.75) is 52.3 Å². The molecule has 220 valence electrons. The first-order valence-corrected chi connectivity index (χ1v) is 14.6. The lowest BCUT2D eigenvalue weighted by molar-refractivity contribution is -0.0310. The summed E-state index contributed by atoms with van der Waals surface area (Å²) in [5.41, 5.74) is 5.30. The van der Waals surface area contributed by atoms with Crippen molar-refractivity contribution in [3.63, 3.8) is 0 Å². The van der Waals surface area contributed by atoms with Crippen LogP contribution in [0.15, 0.2) is 79.3 Å². The predicted octanol–water partition coefficient (Wildman–Crippen LogP) is 6.75. The number of carboxylic acids is 1. The van der Waals surface area contributed by atoms with Crippen molar-refractivity contribution in [1.29, 1.82) is 0 Å². The first kappa shape index (κ1) is 28.2. The summed E-state index contributed by atoms with van der Waals surface area (Å²) >= 11 is 0. The van der Waals surface area contributed by atoms with Crippen LogP contribution in [0.4, 0.5) is 10.5 Å². The highest BCUT2D eigenvalue weighted by atomic mass is 16.6. The first-order valence-electron chi connectivity index (χ1n) is 14.6. The number of likely N-dealkylation sites (tertiary alicyclic amines) is 1. The summed E-state index contributed by atoms with van der Waals surface area (Å²) in [6, 6.07) is 19.9. The largest absolute Gasteiger partial charge is 0.478 e. The third kappa shape index (κ3) is 4.94. The lowest BCUT2D eigenvalue weighted by Crippen LogP contribution is -2.80. The lowest BCUT2D eigenvalue weighted by atomic mass is 9.85. The molecule has 2 fully saturated rings. The zero-order valence-electron chi connectivity index (χ0n) is 25.0. The van der Waals surface area contributed by atoms with Crippen LogP contribution < -0.4 is 4.90 Å². The number of fused-ring (bicyclic) bond motifs is 3. The Morgan fingerprint density at radius 1 is 0.860 bits per heavy atom. The van der Waals surface area contributed by atoms with E-state index in [-0.39, 0.29) is 17.7 Å². The number of hydrogen-bond acceptors (Lipinski definition) is 6. The van der Waals surface area contributed by atoms with Gasteiger partial charge in [0.05, 0.1) is 23.8 Å². The van der Waals surface area contributed by atoms with E-state index in [9.17, 15) is 14.7 Å². The number of aromatic carboxylic acids is 1. The molecule has 9 nitrogen and oxygen atoms in total. The molecule has 0 saturated carbocycles. The van der Waals surface area contributed by atoms with Crippen molar-refractivity contribution < 1.29 is 19.4 Å². The molecule has 5 aromatic rings. The molecule has 0 aliphatic carbocycles. The maximum absolute atomic E-state index is 12.4. The number of anilines is 1. The summed E-state index contributed by atoms with van der Waals surface area (Å²) in [5, 5.41) is 15.7. The van der Waals surface area contributed by atoms with E-state index in [1.807, 2.05) is 76.2 Å². The number of rotatable bonds is 4. The van der Waals surface area contributed by atoms with Crippen molar-refractivity contribution in [1.82, 2.24) is 19.5 Å². The van der Waals surface area contributed by atoms with Crippen LogP contribution in [-0.4, -0.2) is 67.4 Å². The molecule has 0 spiro atoms. The molecule has 0 bridgehead atoms. The monoisotopic (exact) mass is 577 g/mol. The Morgan fingerprint density at radius 3 is 2.26 bits per heavy atom. The average molecular weight is 578 g/mol. The van der Waals surface area contributed by atoms with Gasteiger partial charge in [-0.1, -0.05) is 56.3 Å². The fourth-order valence-electron chi connectivity index (χ4n) is 5.87. The van der Waals surface area contributed by atoms with Crippen LogP contribution in [-0.2, 0) is 4.74 Å². The number of aromatic nitrogens is 3. The van der Waals surface area contributed by atoms with Gasteiger partial charge in [0.2, 0.25) is 0 Å². The first-order chi connectivity index (χ1) is 20.7. The van der Waals surface area contributed by atoms with Gasteiger partial charge in [-0.25, -0.2) is 19.1 Å². The summed E-state index contributed by atoms with van der Waals surface area (Å²) in [6.07, 6.45) is 5.34. The second-order valence-electron chi connectivity index (χ2n) is 11.6. The fraction of sp³-hybridized carbons (Fsp3) is 0.294. The van der Waals surface area contributed by atoms with Gasteiger partial charge < -0.3 is 14.7 Å². The molecule has 2 atom stereocenters. The molecule has 2 aliphatic rings. The quantitative estimate of drug-likeness (QED) is 0.252. The molecule has 4 heterocycles. The maximum Gasteiger partial charge on any atom is 0.410 e. The molecule has 1 N–H and O–H groups in total. The Morgan fingerprint density at radius 2 is 1.58 bits per heavy atom. The maximum atomic E-state index is 12.4. The molecule has 2 aliphatic heterocycles. The zero-order chi connectivity index (χ0) is 30.5. The Kier molecular flexibility index (Phi) is 7.04. The summed E-state index contributed by atoms with van der Waals surface area (Å²) in [7, 11) is 0. The molecule has 3 aromatic carbocycles. The molecular formula is C34H35N5O4. The number of amides is 1. The van der Waals surface area contributed by atoms with E-state index in [0.29, 0.717) is 23.6 Å². The molecule has 2 unspecified atom stereocenters. The number of benzene rings is 3. The number of carbonyl (C=O) groups is 2. The van der Waals surface area contributed by atoms with Crippen LogP contribution in [0.25, 0.3) is 38.7 Å². The minimum atomic E-state index is -0.953. The second kappa shape index (κ2) is 10.7. The lowest BCUT2D eigenvalue weighted by Gasteiger charge is -2.62. The number of piperazine rings is 1. The molecular weight excluding hydrogens is 542 g/mol. The number of ether oxygens (including phenoxy) is 1. The van der Waals surface area contributed by atoms with Gasteiger partial charge in [-0.2, -0.15) is 5.10 Å². The van der Waals surface area contributed by atoms with E-state index < -0.39 is 11.6 Å². The summed E-state index contributed by atoms with van der Waals surface area (Å²) in [5.74, 6) is -0.953. The normalized spacial score (nSPS) is 17.4. The van der Waals surface area contributed by atoms with Crippen molar-refractivity contribution in [3.05, 3.63) is 84.8 Å². The summed E-state index contributed by atoms with van der Waals surface area (Å²) in [4.78, 5) is 33.0. The highest BCUT2D eigenvalue weighted by Crippen LogP contribution is 2.39. The van der Waals surface area contributed by atoms with Gasteiger partial charge in [0.25, 0.3) is 0 Å². The average Bonchev–Trinajstić information content (AvgIpc) is 3.41. The van der Waals surface area contributed by atoms with Crippen molar-refractivity contribution in [3.8, 4) is 22.3 Å².